The molecule has 0 N–H and O–H groups in total. The molecule has 0 radical (unpaired) electrons. The van der Waals surface area contributed by atoms with Gasteiger partial charge in [0.1, 0.15) is 0 Å². The first-order valence-electron chi connectivity index (χ1n) is 14.0. The van der Waals surface area contributed by atoms with Gasteiger partial charge in [0.25, 0.3) is 0 Å². The summed E-state index contributed by atoms with van der Waals surface area (Å²) in [4.78, 5) is 19.5. The number of benzene rings is 1. The van der Waals surface area contributed by atoms with E-state index < -0.39 is 11.8 Å². The summed E-state index contributed by atoms with van der Waals surface area (Å²) in [5.74, 6) is -1.03. The van der Waals surface area contributed by atoms with Crippen molar-refractivity contribution in [2.24, 2.45) is 13.0 Å². The van der Waals surface area contributed by atoms with Gasteiger partial charge in [-0.15, -0.1) is 13.2 Å². The third-order valence-electron chi connectivity index (χ3n) is 7.77. The van der Waals surface area contributed by atoms with E-state index in [0.717, 1.165) is 54.9 Å². The zero-order chi connectivity index (χ0) is 27.6. The molecule has 9 heteroatoms. The van der Waals surface area contributed by atoms with E-state index in [1.807, 2.05) is 36.0 Å². The second-order valence-electron chi connectivity index (χ2n) is 11.0. The highest BCUT2D eigenvalue weighted by atomic mass is 19.3. The van der Waals surface area contributed by atoms with Crippen LogP contribution in [0.1, 0.15) is 87.0 Å². The van der Waals surface area contributed by atoms with Crippen LogP contribution in [-0.4, -0.2) is 38.3 Å². The van der Waals surface area contributed by atoms with E-state index in [4.69, 9.17) is 9.62 Å². The Bertz CT molecular complexity index is 1290. The van der Waals surface area contributed by atoms with Gasteiger partial charge in [-0.05, 0) is 56.7 Å². The molecular formula is C30H37F2N5O2. The molecule has 7 nitrogen and oxygen atoms in total. The van der Waals surface area contributed by atoms with Gasteiger partial charge in [-0.2, -0.15) is 10.1 Å². The molecule has 3 fully saturated rings. The first kappa shape index (κ1) is 27.2. The number of amides is 1. The van der Waals surface area contributed by atoms with E-state index in [-0.39, 0.29) is 18.7 Å². The summed E-state index contributed by atoms with van der Waals surface area (Å²) >= 11 is 0. The highest BCUT2D eigenvalue weighted by Crippen LogP contribution is 2.44. The number of nitrogens with zero attached hydrogens (tertiary/aromatic N) is 5. The SMILES string of the molecule is C=C.Cn1nc(-c2cccc(N(CCCCCc3nc(C4CC4)no3)C(=O)C3CC(F)(F)C3)c2)cc1C1CC1. The summed E-state index contributed by atoms with van der Waals surface area (Å²) in [5.41, 5.74) is 3.77. The van der Waals surface area contributed by atoms with Crippen LogP contribution < -0.4 is 4.90 Å². The number of alkyl halides is 2. The molecule has 39 heavy (non-hydrogen) atoms. The molecule has 0 unspecified atom stereocenters. The molecule has 3 aliphatic carbocycles. The van der Waals surface area contributed by atoms with Gasteiger partial charge in [-0.3, -0.25) is 9.48 Å². The van der Waals surface area contributed by atoms with Gasteiger partial charge in [-0.25, -0.2) is 8.78 Å². The Kier molecular flexibility index (Phi) is 7.96. The number of carbonyl (C=O) groups is 1. The molecule has 0 atom stereocenters. The van der Waals surface area contributed by atoms with Crippen LogP contribution in [0.2, 0.25) is 0 Å². The number of hydrogen-bond donors (Lipinski definition) is 0. The summed E-state index contributed by atoms with van der Waals surface area (Å²) < 4.78 is 34.5. The average molecular weight is 538 g/mol. The molecule has 0 spiro atoms. The maximum absolute atomic E-state index is 13.6. The molecule has 1 aromatic carbocycles. The highest BCUT2D eigenvalue weighted by molar-refractivity contribution is 5.96. The van der Waals surface area contributed by atoms with E-state index in [0.29, 0.717) is 30.7 Å². The third-order valence-corrected chi connectivity index (χ3v) is 7.77. The maximum Gasteiger partial charge on any atom is 0.249 e. The molecule has 2 aromatic heterocycles. The fourth-order valence-electron chi connectivity index (χ4n) is 5.24. The zero-order valence-electron chi connectivity index (χ0n) is 22.6. The molecule has 3 aromatic rings. The van der Waals surface area contributed by atoms with Crippen molar-refractivity contribution in [2.75, 3.05) is 11.4 Å². The van der Waals surface area contributed by atoms with Gasteiger partial charge in [0, 0.05) is 67.6 Å². The Balaban J connectivity index is 0.00000151. The predicted molar refractivity (Wildman–Crippen MR) is 146 cm³/mol. The van der Waals surface area contributed by atoms with Crippen LogP contribution in [0.15, 0.2) is 48.0 Å². The quantitative estimate of drug-likeness (QED) is 0.198. The summed E-state index contributed by atoms with van der Waals surface area (Å²) in [6.45, 7) is 6.48. The van der Waals surface area contributed by atoms with Gasteiger partial charge in [0.15, 0.2) is 5.82 Å². The van der Waals surface area contributed by atoms with Gasteiger partial charge >= 0.3 is 0 Å². The van der Waals surface area contributed by atoms with Crippen molar-refractivity contribution in [3.05, 3.63) is 60.9 Å². The Morgan fingerprint density at radius 1 is 1.10 bits per heavy atom. The van der Waals surface area contributed by atoms with Gasteiger partial charge in [-0.1, -0.05) is 23.7 Å². The molecule has 208 valence electrons. The first-order valence-corrected chi connectivity index (χ1v) is 14.0. The van der Waals surface area contributed by atoms with Crippen molar-refractivity contribution in [1.29, 1.82) is 0 Å². The van der Waals surface area contributed by atoms with Crippen molar-refractivity contribution >= 4 is 11.6 Å². The van der Waals surface area contributed by atoms with Crippen LogP contribution in [0.5, 0.6) is 0 Å². The molecule has 3 aliphatic rings. The van der Waals surface area contributed by atoms with E-state index in [1.165, 1.54) is 18.5 Å². The topological polar surface area (TPSA) is 77.1 Å². The lowest BCUT2D eigenvalue weighted by molar-refractivity contribution is -0.147. The highest BCUT2D eigenvalue weighted by Gasteiger charge is 2.50. The lowest BCUT2D eigenvalue weighted by Gasteiger charge is -2.37. The van der Waals surface area contributed by atoms with E-state index in [1.54, 1.807) is 4.90 Å². The molecule has 0 aliphatic heterocycles. The molecule has 6 rings (SSSR count). The molecule has 2 heterocycles. The Labute approximate surface area is 228 Å². The molecule has 0 bridgehead atoms. The minimum absolute atomic E-state index is 0.214. The fourth-order valence-corrected chi connectivity index (χ4v) is 5.24. The van der Waals surface area contributed by atoms with E-state index >= 15 is 0 Å². The van der Waals surface area contributed by atoms with Crippen molar-refractivity contribution in [3.8, 4) is 11.3 Å². The largest absolute Gasteiger partial charge is 0.339 e. The summed E-state index contributed by atoms with van der Waals surface area (Å²) in [6, 6.07) is 9.88. The van der Waals surface area contributed by atoms with Gasteiger partial charge in [0.2, 0.25) is 17.7 Å². The Morgan fingerprint density at radius 3 is 2.54 bits per heavy atom. The number of anilines is 1. The summed E-state index contributed by atoms with van der Waals surface area (Å²) in [6.07, 6.45) is 7.14. The van der Waals surface area contributed by atoms with Crippen molar-refractivity contribution in [3.63, 3.8) is 0 Å². The minimum atomic E-state index is -2.73. The normalized spacial score (nSPS) is 18.2. The Morgan fingerprint density at radius 2 is 1.85 bits per heavy atom. The van der Waals surface area contributed by atoms with Crippen LogP contribution in [0.4, 0.5) is 14.5 Å². The monoisotopic (exact) mass is 537 g/mol. The fraction of sp³-hybridized carbons (Fsp3) is 0.533. The number of hydrogen-bond acceptors (Lipinski definition) is 5. The molecule has 1 amide bonds. The van der Waals surface area contributed by atoms with Crippen LogP contribution in [0, 0.1) is 5.92 Å². The smallest absolute Gasteiger partial charge is 0.249 e. The molecule has 3 saturated carbocycles. The Hall–Kier alpha value is -3.36. The van der Waals surface area contributed by atoms with Crippen molar-refractivity contribution < 1.29 is 18.1 Å². The zero-order valence-corrected chi connectivity index (χ0v) is 22.6. The lowest BCUT2D eigenvalue weighted by atomic mass is 9.80. The van der Waals surface area contributed by atoms with E-state index in [2.05, 4.69) is 29.4 Å². The van der Waals surface area contributed by atoms with Crippen LogP contribution in [-0.2, 0) is 18.3 Å². The van der Waals surface area contributed by atoms with Gasteiger partial charge in [0.05, 0.1) is 5.69 Å². The third kappa shape index (κ3) is 6.45. The summed E-state index contributed by atoms with van der Waals surface area (Å²) in [7, 11) is 1.97. The summed E-state index contributed by atoms with van der Waals surface area (Å²) in [5, 5.41) is 8.76. The van der Waals surface area contributed by atoms with Crippen LogP contribution in [0.3, 0.4) is 0 Å². The van der Waals surface area contributed by atoms with Crippen molar-refractivity contribution in [2.45, 2.75) is 82.0 Å². The number of aromatic nitrogens is 4. The van der Waals surface area contributed by atoms with Crippen LogP contribution in [0.25, 0.3) is 11.3 Å². The number of halogens is 2. The van der Waals surface area contributed by atoms with Gasteiger partial charge < -0.3 is 9.42 Å². The first-order chi connectivity index (χ1) is 18.9. The van der Waals surface area contributed by atoms with Crippen LogP contribution >= 0.6 is 0 Å². The molecular weight excluding hydrogens is 500 g/mol. The second-order valence-corrected chi connectivity index (χ2v) is 11.0. The standard InChI is InChI=1S/C28H33F2N5O2.C2H4/c1-34-24(18-9-10-18)15-23(32-34)20-6-5-7-22(14-20)35(27(36)21-16-28(29,30)17-21)13-4-2-3-8-25-31-26(33-37-25)19-11-12-19;1-2/h5-7,14-15,18-19,21H,2-4,8-13,16-17H2,1H3;1-2H2. The molecule has 0 saturated heterocycles. The second kappa shape index (κ2) is 11.4. The predicted octanol–water partition coefficient (Wildman–Crippen LogP) is 6.82. The van der Waals surface area contributed by atoms with Crippen molar-refractivity contribution in [1.82, 2.24) is 19.9 Å². The lowest BCUT2D eigenvalue weighted by Crippen LogP contribution is -2.47. The number of rotatable bonds is 11. The van der Waals surface area contributed by atoms with E-state index in [9.17, 15) is 13.6 Å². The number of aryl methyl sites for hydroxylation is 2. The maximum atomic E-state index is 13.6. The minimum Gasteiger partial charge on any atom is -0.339 e. The number of carbonyl (C=O) groups excluding carboxylic acids is 1. The number of unbranched alkanes of at least 4 members (excludes halogenated alkanes) is 2. The average Bonchev–Trinajstić information content (AvgIpc) is 3.86.